The van der Waals surface area contributed by atoms with Crippen LogP contribution in [0, 0.1) is 29.5 Å². The molecule has 3 saturated carbocycles. The van der Waals surface area contributed by atoms with E-state index in [0.29, 0.717) is 0 Å². The maximum absolute atomic E-state index is 13.1. The standard InChI is InChI=1S/C20H25FN2O5S/c21-15-5-7-16(8-6-15)29(27,28)23-11-9-22(10-12-23)19(24)17-13-1-3-14(4-2-13)18(17)20(25)26/h5-8,13-14,17-18H,1-4,9-12H2,(H,25,26)/p-1/t13?,14?,17-,18+/m0/s1. The zero-order valence-electron chi connectivity index (χ0n) is 16.0. The molecule has 1 aromatic carbocycles. The van der Waals surface area contributed by atoms with Crippen LogP contribution in [-0.2, 0) is 19.6 Å². The highest BCUT2D eigenvalue weighted by molar-refractivity contribution is 7.89. The molecular formula is C20H24FN2O5S-. The van der Waals surface area contributed by atoms with Gasteiger partial charge in [0.25, 0.3) is 0 Å². The largest absolute Gasteiger partial charge is 0.550 e. The number of aliphatic carboxylic acids is 1. The van der Waals surface area contributed by atoms with Crippen LogP contribution in [0.2, 0.25) is 0 Å². The molecule has 4 aliphatic rings. The van der Waals surface area contributed by atoms with Crippen molar-refractivity contribution in [3.63, 3.8) is 0 Å². The van der Waals surface area contributed by atoms with Crippen LogP contribution in [0.5, 0.6) is 0 Å². The van der Waals surface area contributed by atoms with Gasteiger partial charge in [-0.05, 0) is 61.8 Å². The Morgan fingerprint density at radius 3 is 1.93 bits per heavy atom. The molecule has 0 aromatic heterocycles. The smallest absolute Gasteiger partial charge is 0.243 e. The molecule has 29 heavy (non-hydrogen) atoms. The first-order valence-corrected chi connectivity index (χ1v) is 11.5. The van der Waals surface area contributed by atoms with E-state index in [1.807, 2.05) is 0 Å². The molecule has 1 aromatic rings. The minimum atomic E-state index is -3.76. The Bertz CT molecular complexity index is 888. The average molecular weight is 423 g/mol. The van der Waals surface area contributed by atoms with Gasteiger partial charge in [-0.15, -0.1) is 0 Å². The molecule has 1 amide bonds. The molecule has 0 unspecified atom stereocenters. The zero-order chi connectivity index (χ0) is 20.8. The number of halogens is 1. The SMILES string of the molecule is O=C([O-])[C@@H]1C2CCC(CC2)[C@@H]1C(=O)N1CCN(S(=O)(=O)c2ccc(F)cc2)CC1. The number of amides is 1. The summed E-state index contributed by atoms with van der Waals surface area (Å²) in [7, 11) is -3.76. The first-order chi connectivity index (χ1) is 13.8. The van der Waals surface area contributed by atoms with Gasteiger partial charge in [0.05, 0.1) is 4.90 Å². The highest BCUT2D eigenvalue weighted by Gasteiger charge is 2.49. The molecule has 1 saturated heterocycles. The summed E-state index contributed by atoms with van der Waals surface area (Å²) in [6.45, 7) is 0.685. The van der Waals surface area contributed by atoms with Gasteiger partial charge in [-0.2, -0.15) is 4.31 Å². The maximum atomic E-state index is 13.1. The normalized spacial score (nSPS) is 30.3. The van der Waals surface area contributed by atoms with E-state index in [2.05, 4.69) is 0 Å². The molecule has 5 rings (SSSR count). The molecule has 0 radical (unpaired) electrons. The van der Waals surface area contributed by atoms with Crippen LogP contribution < -0.4 is 5.11 Å². The molecule has 1 heterocycles. The number of piperazine rings is 1. The third-order valence-electron chi connectivity index (χ3n) is 6.78. The number of rotatable bonds is 4. The number of hydrogen-bond donors (Lipinski definition) is 0. The molecule has 9 heteroatoms. The van der Waals surface area contributed by atoms with Crippen LogP contribution >= 0.6 is 0 Å². The summed E-state index contributed by atoms with van der Waals surface area (Å²) in [4.78, 5) is 26.5. The molecule has 2 atom stereocenters. The third-order valence-corrected chi connectivity index (χ3v) is 8.69. The summed E-state index contributed by atoms with van der Waals surface area (Å²) in [5.41, 5.74) is 0. The Morgan fingerprint density at radius 2 is 1.41 bits per heavy atom. The molecule has 158 valence electrons. The van der Waals surface area contributed by atoms with Crippen LogP contribution in [0.25, 0.3) is 0 Å². The number of benzene rings is 1. The van der Waals surface area contributed by atoms with Gasteiger partial charge in [-0.1, -0.05) is 0 Å². The highest BCUT2D eigenvalue weighted by atomic mass is 32.2. The lowest BCUT2D eigenvalue weighted by Gasteiger charge is -2.50. The van der Waals surface area contributed by atoms with E-state index >= 15 is 0 Å². The molecule has 7 nitrogen and oxygen atoms in total. The average Bonchev–Trinajstić information content (AvgIpc) is 2.73. The maximum Gasteiger partial charge on any atom is 0.243 e. The van der Waals surface area contributed by atoms with Crippen LogP contribution in [-0.4, -0.2) is 55.7 Å². The summed E-state index contributed by atoms with van der Waals surface area (Å²) in [6, 6.07) is 4.66. The van der Waals surface area contributed by atoms with Crippen LogP contribution in [0.4, 0.5) is 4.39 Å². The van der Waals surface area contributed by atoms with Gasteiger partial charge in [0.15, 0.2) is 0 Å². The van der Waals surface area contributed by atoms with Gasteiger partial charge >= 0.3 is 0 Å². The number of carboxylic acids is 1. The van der Waals surface area contributed by atoms with E-state index in [1.54, 1.807) is 4.90 Å². The van der Waals surface area contributed by atoms with E-state index in [0.717, 1.165) is 37.8 Å². The number of carboxylic acid groups (broad SMARTS) is 1. The first-order valence-electron chi connectivity index (χ1n) is 10.0. The summed E-state index contributed by atoms with van der Waals surface area (Å²) < 4.78 is 39.8. The van der Waals surface area contributed by atoms with E-state index in [4.69, 9.17) is 0 Å². The van der Waals surface area contributed by atoms with Crippen molar-refractivity contribution in [3.8, 4) is 0 Å². The Labute approximate surface area is 169 Å². The van der Waals surface area contributed by atoms with Crippen LogP contribution in [0.1, 0.15) is 25.7 Å². The second-order valence-corrected chi connectivity index (χ2v) is 10.2. The summed E-state index contributed by atoms with van der Waals surface area (Å²) >= 11 is 0. The summed E-state index contributed by atoms with van der Waals surface area (Å²) in [5, 5.41) is 11.7. The summed E-state index contributed by atoms with van der Waals surface area (Å²) in [6.07, 6.45) is 3.39. The number of carbonyl (C=O) groups excluding carboxylic acids is 2. The van der Waals surface area contributed by atoms with Crippen LogP contribution in [0.15, 0.2) is 29.2 Å². The monoisotopic (exact) mass is 423 g/mol. The van der Waals surface area contributed by atoms with Gasteiger partial charge in [0, 0.05) is 44.0 Å². The molecule has 0 N–H and O–H groups in total. The van der Waals surface area contributed by atoms with E-state index < -0.39 is 33.6 Å². The second kappa shape index (κ2) is 7.68. The highest BCUT2D eigenvalue weighted by Crippen LogP contribution is 2.49. The van der Waals surface area contributed by atoms with Gasteiger partial charge < -0.3 is 14.8 Å². The molecule has 2 bridgehead atoms. The van der Waals surface area contributed by atoms with Crippen molar-refractivity contribution in [2.24, 2.45) is 23.7 Å². The Morgan fingerprint density at radius 1 is 0.897 bits per heavy atom. The molecule has 1 aliphatic heterocycles. The third kappa shape index (κ3) is 3.66. The van der Waals surface area contributed by atoms with Crippen molar-refractivity contribution >= 4 is 21.9 Å². The van der Waals surface area contributed by atoms with Crippen molar-refractivity contribution in [1.29, 1.82) is 0 Å². The fraction of sp³-hybridized carbons (Fsp3) is 0.600. The molecule has 0 spiro atoms. The lowest BCUT2D eigenvalue weighted by Crippen LogP contribution is -2.58. The van der Waals surface area contributed by atoms with Crippen molar-refractivity contribution in [2.75, 3.05) is 26.2 Å². The Balaban J connectivity index is 1.45. The Hall–Kier alpha value is -2.00. The Kier molecular flexibility index (Phi) is 5.37. The van der Waals surface area contributed by atoms with Crippen molar-refractivity contribution in [2.45, 2.75) is 30.6 Å². The van der Waals surface area contributed by atoms with Gasteiger partial charge in [-0.25, -0.2) is 12.8 Å². The zero-order valence-corrected chi connectivity index (χ0v) is 16.8. The lowest BCUT2D eigenvalue weighted by molar-refractivity contribution is -0.318. The fourth-order valence-electron chi connectivity index (χ4n) is 5.26. The fourth-order valence-corrected chi connectivity index (χ4v) is 6.68. The number of fused-ring (bicyclic) bond motifs is 3. The number of hydrogen-bond acceptors (Lipinski definition) is 5. The van der Waals surface area contributed by atoms with Gasteiger partial charge in [0.2, 0.25) is 15.9 Å². The van der Waals surface area contributed by atoms with Gasteiger partial charge in [0.1, 0.15) is 5.82 Å². The van der Waals surface area contributed by atoms with E-state index in [-0.39, 0.29) is 48.8 Å². The molecule has 4 fully saturated rings. The van der Waals surface area contributed by atoms with Gasteiger partial charge in [-0.3, -0.25) is 4.79 Å². The van der Waals surface area contributed by atoms with Crippen molar-refractivity contribution in [3.05, 3.63) is 30.1 Å². The quantitative estimate of drug-likeness (QED) is 0.701. The minimum Gasteiger partial charge on any atom is -0.550 e. The number of sulfonamides is 1. The van der Waals surface area contributed by atoms with Crippen molar-refractivity contribution < 1.29 is 27.5 Å². The summed E-state index contributed by atoms with van der Waals surface area (Å²) in [5.74, 6) is -3.08. The first kappa shape index (κ1) is 20.3. The van der Waals surface area contributed by atoms with E-state index in [1.165, 1.54) is 16.4 Å². The van der Waals surface area contributed by atoms with Crippen molar-refractivity contribution in [1.82, 2.24) is 9.21 Å². The predicted molar refractivity (Wildman–Crippen MR) is 99.2 cm³/mol. The van der Waals surface area contributed by atoms with Crippen LogP contribution in [0.3, 0.4) is 0 Å². The minimum absolute atomic E-state index is 0.000840. The predicted octanol–water partition coefficient (Wildman–Crippen LogP) is 0.461. The molecule has 3 aliphatic carbocycles. The second-order valence-electron chi connectivity index (χ2n) is 8.23. The lowest BCUT2D eigenvalue weighted by atomic mass is 9.58. The topological polar surface area (TPSA) is 97.8 Å². The number of carbonyl (C=O) groups is 2. The number of nitrogens with zero attached hydrogens (tertiary/aromatic N) is 2. The van der Waals surface area contributed by atoms with E-state index in [9.17, 15) is 27.5 Å². The molecular weight excluding hydrogens is 399 g/mol.